The van der Waals surface area contributed by atoms with Crippen molar-refractivity contribution in [1.29, 1.82) is 0 Å². The maximum absolute atomic E-state index is 8.74. The van der Waals surface area contributed by atoms with Crippen LogP contribution in [0.15, 0.2) is 0 Å². The third-order valence-electron chi connectivity index (χ3n) is 3.97. The molecule has 0 aliphatic heterocycles. The summed E-state index contributed by atoms with van der Waals surface area (Å²) in [5.41, 5.74) is -0.129. The van der Waals surface area contributed by atoms with Gasteiger partial charge in [0.2, 0.25) is 0 Å². The van der Waals surface area contributed by atoms with Gasteiger partial charge in [-0.15, -0.1) is 0 Å². The Kier molecular flexibility index (Phi) is 32.6. The minimum atomic E-state index is -4.67. The summed E-state index contributed by atoms with van der Waals surface area (Å²) in [6, 6.07) is 0. The van der Waals surface area contributed by atoms with E-state index in [0.29, 0.717) is 126 Å². The molecule has 0 saturated heterocycles. The van der Waals surface area contributed by atoms with Crippen molar-refractivity contribution in [3.8, 4) is 0 Å². The Balaban J connectivity index is 0. The second-order valence-corrected chi connectivity index (χ2v) is 9.54. The lowest BCUT2D eigenvalue weighted by Gasteiger charge is -2.19. The molecule has 0 aliphatic carbocycles. The second kappa shape index (κ2) is 31.4. The van der Waals surface area contributed by atoms with E-state index in [-0.39, 0.29) is 12.2 Å². The first-order valence-corrected chi connectivity index (χ1v) is 14.6. The molecule has 0 amide bonds. The van der Waals surface area contributed by atoms with Gasteiger partial charge >= 0.3 is 10.4 Å². The molecule has 40 heavy (non-hydrogen) atoms. The predicted molar refractivity (Wildman–Crippen MR) is 144 cm³/mol. The lowest BCUT2D eigenvalue weighted by Crippen LogP contribution is -2.22. The molecule has 0 unspecified atom stereocenters. The van der Waals surface area contributed by atoms with Crippen LogP contribution in [-0.4, -0.2) is 160 Å². The van der Waals surface area contributed by atoms with E-state index in [4.69, 9.17) is 70.0 Å². The molecule has 0 aromatic heterocycles. The third-order valence-corrected chi connectivity index (χ3v) is 3.97. The van der Waals surface area contributed by atoms with Gasteiger partial charge in [-0.3, -0.25) is 9.11 Å². The molecule has 16 heteroatoms. The lowest BCUT2D eigenvalue weighted by molar-refractivity contribution is -0.0467. The maximum atomic E-state index is 8.74. The molecule has 0 fully saturated rings. The van der Waals surface area contributed by atoms with Gasteiger partial charge in [0.25, 0.3) is 0 Å². The molecule has 0 spiro atoms. The van der Waals surface area contributed by atoms with Crippen LogP contribution in [-0.2, 0) is 57.8 Å². The highest BCUT2D eigenvalue weighted by molar-refractivity contribution is 7.79. The summed E-state index contributed by atoms with van der Waals surface area (Å²) in [6.45, 7) is 15.9. The normalized spacial score (nSPS) is 11.9. The van der Waals surface area contributed by atoms with Gasteiger partial charge in [-0.2, -0.15) is 8.42 Å². The van der Waals surface area contributed by atoms with Crippen LogP contribution in [0.3, 0.4) is 0 Å². The summed E-state index contributed by atoms with van der Waals surface area (Å²) in [5.74, 6) is 0. The minimum Gasteiger partial charge on any atom is -0.394 e. The van der Waals surface area contributed by atoms with Gasteiger partial charge in [0.15, 0.2) is 0 Å². The molecule has 0 atom stereocenters. The number of hydrogen-bond donors (Lipinski definition) is 3. The van der Waals surface area contributed by atoms with E-state index in [2.05, 4.69) is 0 Å². The van der Waals surface area contributed by atoms with Crippen molar-refractivity contribution < 1.29 is 70.0 Å². The highest BCUT2D eigenvalue weighted by atomic mass is 32.3. The van der Waals surface area contributed by atoms with Gasteiger partial charge < -0.3 is 52.5 Å². The minimum absolute atomic E-state index is 0.0294. The Bertz CT molecular complexity index is 579. The molecule has 3 N–H and O–H groups in total. The Hall–Kier alpha value is -0.570. The van der Waals surface area contributed by atoms with Crippen molar-refractivity contribution >= 4 is 10.4 Å². The molecule has 0 bridgehead atoms. The van der Waals surface area contributed by atoms with Crippen LogP contribution in [0, 0.1) is 0 Å². The van der Waals surface area contributed by atoms with Gasteiger partial charge in [-0.1, -0.05) is 0 Å². The summed E-state index contributed by atoms with van der Waals surface area (Å²) in [4.78, 5) is 0. The Morgan fingerprint density at radius 1 is 0.425 bits per heavy atom. The Morgan fingerprint density at radius 2 is 0.600 bits per heavy atom. The van der Waals surface area contributed by atoms with Gasteiger partial charge in [0.05, 0.1) is 138 Å². The van der Waals surface area contributed by atoms with Crippen LogP contribution in [0.25, 0.3) is 0 Å². The molecule has 0 heterocycles. The first kappa shape index (κ1) is 41.6. The van der Waals surface area contributed by atoms with E-state index in [1.165, 1.54) is 0 Å². The maximum Gasteiger partial charge on any atom is 0.394 e. The van der Waals surface area contributed by atoms with E-state index < -0.39 is 10.4 Å². The largest absolute Gasteiger partial charge is 0.394 e. The van der Waals surface area contributed by atoms with Crippen LogP contribution in [0.1, 0.15) is 20.8 Å². The summed E-state index contributed by atoms with van der Waals surface area (Å²) < 4.78 is 85.5. The van der Waals surface area contributed by atoms with Gasteiger partial charge in [0, 0.05) is 0 Å². The van der Waals surface area contributed by atoms with Crippen molar-refractivity contribution in [3.05, 3.63) is 0 Å². The van der Waals surface area contributed by atoms with Crippen molar-refractivity contribution in [2.45, 2.75) is 26.4 Å². The molecule has 0 aliphatic rings. The van der Waals surface area contributed by atoms with Gasteiger partial charge in [-0.05, 0) is 20.8 Å². The highest BCUT2D eigenvalue weighted by Crippen LogP contribution is 2.05. The molecule has 0 aromatic carbocycles. The van der Waals surface area contributed by atoms with E-state index in [1.807, 2.05) is 20.8 Å². The second-order valence-electron chi connectivity index (χ2n) is 8.64. The van der Waals surface area contributed by atoms with Crippen molar-refractivity contribution in [2.24, 2.45) is 0 Å². The van der Waals surface area contributed by atoms with Crippen molar-refractivity contribution in [1.82, 2.24) is 0 Å². The molecule has 15 nitrogen and oxygen atoms in total. The average Bonchev–Trinajstić information content (AvgIpc) is 2.86. The molecule has 0 saturated carbocycles. The number of aliphatic hydroxyl groups excluding tert-OH is 1. The van der Waals surface area contributed by atoms with E-state index in [9.17, 15) is 0 Å². The zero-order chi connectivity index (χ0) is 30.2. The fourth-order valence-corrected chi connectivity index (χ4v) is 2.33. The molecule has 0 rings (SSSR count). The monoisotopic (exact) mass is 612 g/mol. The van der Waals surface area contributed by atoms with Gasteiger partial charge in [-0.25, -0.2) is 0 Å². The Labute approximate surface area is 239 Å². The van der Waals surface area contributed by atoms with E-state index >= 15 is 0 Å². The fraction of sp³-hybridized carbons (Fsp3) is 1.00. The quantitative estimate of drug-likeness (QED) is 0.0772. The topological polar surface area (TPSA) is 187 Å². The van der Waals surface area contributed by atoms with E-state index in [0.717, 1.165) is 0 Å². The van der Waals surface area contributed by atoms with Crippen LogP contribution in [0.5, 0.6) is 0 Å². The van der Waals surface area contributed by atoms with Crippen molar-refractivity contribution in [2.75, 3.05) is 132 Å². The number of rotatable bonds is 29. The summed E-state index contributed by atoms with van der Waals surface area (Å²) in [6.07, 6.45) is 0. The molecule has 0 radical (unpaired) electrons. The standard InChI is InChI=1S/C24H50O11.H2O4S/c1-24(2,3)35-23-22-34-21-20-33-19-18-32-17-16-31-15-14-30-13-12-29-11-10-28-9-8-27-7-6-26-5-4-25;1-5(2,3)4/h25H,4-23H2,1-3H3;(H2,1,2,3,4). The zero-order valence-electron chi connectivity index (χ0n) is 24.3. The summed E-state index contributed by atoms with van der Waals surface area (Å²) in [7, 11) is -4.67. The number of ether oxygens (including phenoxy) is 10. The lowest BCUT2D eigenvalue weighted by atomic mass is 10.2. The number of hydrogen-bond acceptors (Lipinski definition) is 13. The first-order chi connectivity index (χ1) is 19.1. The predicted octanol–water partition coefficient (Wildman–Crippen LogP) is 0.290. The van der Waals surface area contributed by atoms with E-state index in [1.54, 1.807) is 0 Å². The molecule has 0 aromatic rings. The average molecular weight is 613 g/mol. The fourth-order valence-electron chi connectivity index (χ4n) is 2.33. The summed E-state index contributed by atoms with van der Waals surface area (Å²) >= 11 is 0. The van der Waals surface area contributed by atoms with Crippen LogP contribution < -0.4 is 0 Å². The molecular formula is C24H52O15S. The van der Waals surface area contributed by atoms with Gasteiger partial charge in [0.1, 0.15) is 0 Å². The SMILES string of the molecule is CC(C)(C)OCCOCCOCCOCCOCCOCCOCCOCCOCCOCCO.O=S(=O)(O)O. The summed E-state index contributed by atoms with van der Waals surface area (Å²) in [5, 5.41) is 8.55. The first-order valence-electron chi connectivity index (χ1n) is 13.2. The smallest absolute Gasteiger partial charge is 0.394 e. The van der Waals surface area contributed by atoms with Crippen molar-refractivity contribution in [3.63, 3.8) is 0 Å². The molecular weight excluding hydrogens is 560 g/mol. The zero-order valence-corrected chi connectivity index (χ0v) is 25.1. The highest BCUT2D eigenvalue weighted by Gasteiger charge is 2.08. The Morgan fingerprint density at radius 3 is 0.775 bits per heavy atom. The third kappa shape index (κ3) is 50.3. The molecule has 244 valence electrons. The van der Waals surface area contributed by atoms with Crippen LogP contribution in [0.4, 0.5) is 0 Å². The van der Waals surface area contributed by atoms with Crippen LogP contribution in [0.2, 0.25) is 0 Å². The number of aliphatic hydroxyl groups is 1. The van der Waals surface area contributed by atoms with Crippen LogP contribution >= 0.6 is 0 Å².